The highest BCUT2D eigenvalue weighted by atomic mass is 35.5. The van der Waals surface area contributed by atoms with Crippen molar-refractivity contribution in [3.63, 3.8) is 0 Å². The summed E-state index contributed by atoms with van der Waals surface area (Å²) in [5.41, 5.74) is 3.01. The molecule has 0 aliphatic rings. The van der Waals surface area contributed by atoms with E-state index in [0.29, 0.717) is 16.5 Å². The second kappa shape index (κ2) is 6.33. The predicted octanol–water partition coefficient (Wildman–Crippen LogP) is 3.40. The molecular formula is C14H15Cl2N3. The van der Waals surface area contributed by atoms with E-state index >= 15 is 0 Å². The van der Waals surface area contributed by atoms with Gasteiger partial charge in [-0.15, -0.1) is 0 Å². The van der Waals surface area contributed by atoms with Gasteiger partial charge in [0.1, 0.15) is 5.82 Å². The first kappa shape index (κ1) is 14.3. The quantitative estimate of drug-likeness (QED) is 0.939. The number of hydrogen-bond donors (Lipinski definition) is 1. The first-order valence-electron chi connectivity index (χ1n) is 6.00. The summed E-state index contributed by atoms with van der Waals surface area (Å²) in [5, 5.41) is 4.21. The summed E-state index contributed by atoms with van der Waals surface area (Å²) in [6.07, 6.45) is 0.648. The summed E-state index contributed by atoms with van der Waals surface area (Å²) >= 11 is 11.9. The molecule has 0 atom stereocenters. The Bertz CT molecular complexity index is 585. The van der Waals surface area contributed by atoms with E-state index in [4.69, 9.17) is 23.2 Å². The normalized spacial score (nSPS) is 10.7. The van der Waals surface area contributed by atoms with Crippen LogP contribution in [0.5, 0.6) is 0 Å². The van der Waals surface area contributed by atoms with Gasteiger partial charge in [-0.3, -0.25) is 0 Å². The van der Waals surface area contributed by atoms with Crippen molar-refractivity contribution in [1.82, 2.24) is 15.3 Å². The molecule has 0 spiro atoms. The maximum atomic E-state index is 6.01. The number of hydrogen-bond acceptors (Lipinski definition) is 3. The lowest BCUT2D eigenvalue weighted by Crippen LogP contribution is -2.10. The molecule has 3 nitrogen and oxygen atoms in total. The summed E-state index contributed by atoms with van der Waals surface area (Å²) in [6.45, 7) is 2.71. The van der Waals surface area contributed by atoms with Gasteiger partial charge in [-0.25, -0.2) is 9.97 Å². The van der Waals surface area contributed by atoms with E-state index in [1.807, 2.05) is 32.2 Å². The minimum atomic E-state index is 0.558. The predicted molar refractivity (Wildman–Crippen MR) is 78.8 cm³/mol. The molecule has 0 radical (unpaired) electrons. The van der Waals surface area contributed by atoms with Crippen molar-refractivity contribution in [2.75, 3.05) is 7.05 Å². The second-order valence-electron chi connectivity index (χ2n) is 4.37. The number of nitrogens with zero attached hydrogens (tertiary/aromatic N) is 2. The molecule has 0 amide bonds. The Balaban J connectivity index is 2.24. The van der Waals surface area contributed by atoms with Crippen molar-refractivity contribution in [3.8, 4) is 0 Å². The van der Waals surface area contributed by atoms with E-state index in [9.17, 15) is 0 Å². The average molecular weight is 296 g/mol. The van der Waals surface area contributed by atoms with Crippen molar-refractivity contribution >= 4 is 23.2 Å². The van der Waals surface area contributed by atoms with Crippen LogP contribution in [0.1, 0.15) is 22.8 Å². The van der Waals surface area contributed by atoms with Crippen molar-refractivity contribution in [3.05, 3.63) is 57.1 Å². The van der Waals surface area contributed by atoms with Crippen LogP contribution in [0.2, 0.25) is 10.0 Å². The van der Waals surface area contributed by atoms with E-state index in [1.165, 1.54) is 0 Å². The number of benzene rings is 1. The number of aromatic nitrogens is 2. The SMILES string of the molecule is CNCc1cc(C)nc(Cc2ccc(Cl)c(Cl)c2)n1. The second-order valence-corrected chi connectivity index (χ2v) is 5.19. The molecule has 0 saturated heterocycles. The summed E-state index contributed by atoms with van der Waals surface area (Å²) in [7, 11) is 1.90. The first-order valence-corrected chi connectivity index (χ1v) is 6.76. The third-order valence-electron chi connectivity index (χ3n) is 2.66. The fourth-order valence-corrected chi connectivity index (χ4v) is 2.20. The molecule has 0 saturated carbocycles. The summed E-state index contributed by atoms with van der Waals surface area (Å²) < 4.78 is 0. The third-order valence-corrected chi connectivity index (χ3v) is 3.40. The molecule has 100 valence electrons. The molecule has 1 heterocycles. The number of nitrogens with one attached hydrogen (secondary N) is 1. The molecule has 5 heteroatoms. The summed E-state index contributed by atoms with van der Waals surface area (Å²) in [5.74, 6) is 0.795. The molecule has 19 heavy (non-hydrogen) atoms. The van der Waals surface area contributed by atoms with Gasteiger partial charge >= 0.3 is 0 Å². The molecule has 0 bridgehead atoms. The van der Waals surface area contributed by atoms with Gasteiger partial charge in [0.15, 0.2) is 0 Å². The minimum Gasteiger partial charge on any atom is -0.314 e. The zero-order valence-corrected chi connectivity index (χ0v) is 12.4. The highest BCUT2D eigenvalue weighted by molar-refractivity contribution is 6.42. The number of halogens is 2. The fourth-order valence-electron chi connectivity index (χ4n) is 1.88. The molecule has 0 fully saturated rings. The lowest BCUT2D eigenvalue weighted by Gasteiger charge is -2.06. The molecular weight excluding hydrogens is 281 g/mol. The minimum absolute atomic E-state index is 0.558. The number of aryl methyl sites for hydroxylation is 1. The van der Waals surface area contributed by atoms with E-state index in [-0.39, 0.29) is 0 Å². The Hall–Kier alpha value is -1.16. The largest absolute Gasteiger partial charge is 0.314 e. The van der Waals surface area contributed by atoms with Crippen LogP contribution >= 0.6 is 23.2 Å². The van der Waals surface area contributed by atoms with E-state index in [1.54, 1.807) is 6.07 Å². The molecule has 2 aromatic rings. The Morgan fingerprint density at radius 1 is 1.11 bits per heavy atom. The van der Waals surface area contributed by atoms with Crippen LogP contribution < -0.4 is 5.32 Å². The van der Waals surface area contributed by atoms with Gasteiger partial charge in [0.2, 0.25) is 0 Å². The van der Waals surface area contributed by atoms with Gasteiger partial charge in [-0.1, -0.05) is 29.3 Å². The molecule has 1 aromatic heterocycles. The van der Waals surface area contributed by atoms with Crippen LogP contribution in [-0.2, 0) is 13.0 Å². The molecule has 0 aliphatic heterocycles. The summed E-state index contributed by atoms with van der Waals surface area (Å²) in [4.78, 5) is 8.97. The molecule has 2 rings (SSSR count). The number of rotatable bonds is 4. The Morgan fingerprint density at radius 3 is 2.58 bits per heavy atom. The van der Waals surface area contributed by atoms with Gasteiger partial charge in [-0.2, -0.15) is 0 Å². The van der Waals surface area contributed by atoms with Crippen molar-refractivity contribution in [2.45, 2.75) is 19.9 Å². The monoisotopic (exact) mass is 295 g/mol. The lowest BCUT2D eigenvalue weighted by molar-refractivity contribution is 0.767. The maximum absolute atomic E-state index is 6.01. The zero-order chi connectivity index (χ0) is 13.8. The maximum Gasteiger partial charge on any atom is 0.133 e. The van der Waals surface area contributed by atoms with Crippen LogP contribution in [0.15, 0.2) is 24.3 Å². The van der Waals surface area contributed by atoms with Gasteiger partial charge in [0.05, 0.1) is 15.7 Å². The van der Waals surface area contributed by atoms with Crippen molar-refractivity contribution < 1.29 is 0 Å². The van der Waals surface area contributed by atoms with Crippen molar-refractivity contribution in [1.29, 1.82) is 0 Å². The highest BCUT2D eigenvalue weighted by Gasteiger charge is 2.05. The Labute approximate surface area is 123 Å². The topological polar surface area (TPSA) is 37.8 Å². The van der Waals surface area contributed by atoms with Gasteiger partial charge < -0.3 is 5.32 Å². The molecule has 1 aromatic carbocycles. The van der Waals surface area contributed by atoms with Crippen LogP contribution in [0.25, 0.3) is 0 Å². The average Bonchev–Trinajstić information content (AvgIpc) is 2.33. The van der Waals surface area contributed by atoms with Crippen LogP contribution in [0.3, 0.4) is 0 Å². The van der Waals surface area contributed by atoms with Gasteiger partial charge in [-0.05, 0) is 37.7 Å². The van der Waals surface area contributed by atoms with Gasteiger partial charge in [0, 0.05) is 18.7 Å². The molecule has 0 unspecified atom stereocenters. The Kier molecular flexibility index (Phi) is 4.75. The zero-order valence-electron chi connectivity index (χ0n) is 10.9. The highest BCUT2D eigenvalue weighted by Crippen LogP contribution is 2.23. The molecule has 0 aliphatic carbocycles. The van der Waals surface area contributed by atoms with Crippen LogP contribution in [-0.4, -0.2) is 17.0 Å². The fraction of sp³-hybridized carbons (Fsp3) is 0.286. The van der Waals surface area contributed by atoms with Gasteiger partial charge in [0.25, 0.3) is 0 Å². The van der Waals surface area contributed by atoms with Crippen molar-refractivity contribution in [2.24, 2.45) is 0 Å². The molecule has 1 N–H and O–H groups in total. The Morgan fingerprint density at radius 2 is 1.89 bits per heavy atom. The van der Waals surface area contributed by atoms with Crippen LogP contribution in [0, 0.1) is 6.92 Å². The summed E-state index contributed by atoms with van der Waals surface area (Å²) in [6, 6.07) is 7.57. The van der Waals surface area contributed by atoms with E-state index in [2.05, 4.69) is 15.3 Å². The first-order chi connectivity index (χ1) is 9.08. The van der Waals surface area contributed by atoms with E-state index in [0.717, 1.165) is 29.3 Å². The standard InChI is InChI=1S/C14H15Cl2N3/c1-9-5-11(8-17-2)19-14(18-9)7-10-3-4-12(15)13(16)6-10/h3-6,17H,7-8H2,1-2H3. The smallest absolute Gasteiger partial charge is 0.133 e. The van der Waals surface area contributed by atoms with E-state index < -0.39 is 0 Å². The third kappa shape index (κ3) is 3.90. The van der Waals surface area contributed by atoms with Crippen LogP contribution in [0.4, 0.5) is 0 Å². The lowest BCUT2D eigenvalue weighted by atomic mass is 10.1.